The van der Waals surface area contributed by atoms with Crippen molar-refractivity contribution in [3.05, 3.63) is 63.8 Å². The number of methoxy groups -OCH3 is 1. The van der Waals surface area contributed by atoms with Crippen LogP contribution < -0.4 is 4.74 Å². The van der Waals surface area contributed by atoms with E-state index in [1.807, 2.05) is 43.3 Å². The molecule has 21 heavy (non-hydrogen) atoms. The van der Waals surface area contributed by atoms with Crippen LogP contribution in [0, 0.1) is 6.92 Å². The second-order valence-electron chi connectivity index (χ2n) is 4.87. The van der Waals surface area contributed by atoms with Crippen molar-refractivity contribution < 1.29 is 9.53 Å². The molecular formula is C17H14BrNO2. The van der Waals surface area contributed by atoms with Gasteiger partial charge >= 0.3 is 0 Å². The number of carbonyl (C=O) groups is 1. The van der Waals surface area contributed by atoms with E-state index in [4.69, 9.17) is 4.74 Å². The van der Waals surface area contributed by atoms with Crippen LogP contribution in [0.2, 0.25) is 0 Å². The first-order valence-electron chi connectivity index (χ1n) is 6.56. The number of halogens is 1. The Morgan fingerprint density at radius 1 is 1.19 bits per heavy atom. The molecule has 0 saturated carbocycles. The molecule has 0 bridgehead atoms. The molecule has 0 amide bonds. The normalized spacial score (nSPS) is 10.8. The van der Waals surface area contributed by atoms with Crippen LogP contribution in [-0.2, 0) is 0 Å². The molecule has 1 N–H and O–H groups in total. The van der Waals surface area contributed by atoms with Gasteiger partial charge in [-0.25, -0.2) is 0 Å². The SMILES string of the molecule is COc1cccc2[nH]cc(C(=O)c3cc(Br)ccc3C)c12. The van der Waals surface area contributed by atoms with Gasteiger partial charge < -0.3 is 9.72 Å². The predicted molar refractivity (Wildman–Crippen MR) is 87.2 cm³/mol. The number of H-pyrrole nitrogens is 1. The van der Waals surface area contributed by atoms with E-state index in [0.29, 0.717) is 16.9 Å². The topological polar surface area (TPSA) is 42.1 Å². The zero-order valence-electron chi connectivity index (χ0n) is 11.7. The molecule has 0 atom stereocenters. The maximum absolute atomic E-state index is 12.9. The molecule has 3 rings (SSSR count). The Kier molecular flexibility index (Phi) is 3.55. The largest absolute Gasteiger partial charge is 0.496 e. The Morgan fingerprint density at radius 2 is 2.00 bits per heavy atom. The van der Waals surface area contributed by atoms with Crippen molar-refractivity contribution in [3.8, 4) is 5.75 Å². The van der Waals surface area contributed by atoms with E-state index in [0.717, 1.165) is 20.9 Å². The van der Waals surface area contributed by atoms with Crippen molar-refractivity contribution in [3.63, 3.8) is 0 Å². The lowest BCUT2D eigenvalue weighted by Gasteiger charge is -2.07. The number of ketones is 1. The zero-order chi connectivity index (χ0) is 15.0. The fourth-order valence-electron chi connectivity index (χ4n) is 2.48. The standard InChI is InChI=1S/C17H14BrNO2/c1-10-6-7-11(18)8-12(10)17(20)13-9-19-14-4-3-5-15(21-2)16(13)14/h3-9,19H,1-2H3. The van der Waals surface area contributed by atoms with Crippen molar-refractivity contribution in [2.75, 3.05) is 7.11 Å². The third-order valence-corrected chi connectivity index (χ3v) is 4.07. The lowest BCUT2D eigenvalue weighted by atomic mass is 9.98. The summed E-state index contributed by atoms with van der Waals surface area (Å²) in [4.78, 5) is 16.0. The second kappa shape index (κ2) is 5.37. The van der Waals surface area contributed by atoms with Crippen LogP contribution in [-0.4, -0.2) is 17.9 Å². The quantitative estimate of drug-likeness (QED) is 0.712. The van der Waals surface area contributed by atoms with Gasteiger partial charge in [0.1, 0.15) is 5.75 Å². The number of benzene rings is 2. The van der Waals surface area contributed by atoms with Gasteiger partial charge in [0.25, 0.3) is 0 Å². The highest BCUT2D eigenvalue weighted by Gasteiger charge is 2.18. The molecule has 3 nitrogen and oxygen atoms in total. The average molecular weight is 344 g/mol. The van der Waals surface area contributed by atoms with E-state index in [1.54, 1.807) is 13.3 Å². The zero-order valence-corrected chi connectivity index (χ0v) is 13.3. The number of hydrogen-bond donors (Lipinski definition) is 1. The molecule has 2 aromatic carbocycles. The van der Waals surface area contributed by atoms with E-state index in [9.17, 15) is 4.79 Å². The molecule has 0 aliphatic heterocycles. The summed E-state index contributed by atoms with van der Waals surface area (Å²) in [5.41, 5.74) is 3.16. The van der Waals surface area contributed by atoms with Gasteiger partial charge in [0.2, 0.25) is 0 Å². The first-order valence-corrected chi connectivity index (χ1v) is 7.36. The van der Waals surface area contributed by atoms with Gasteiger partial charge in [0, 0.05) is 21.7 Å². The minimum absolute atomic E-state index is 0.00968. The van der Waals surface area contributed by atoms with Crippen molar-refractivity contribution in [2.45, 2.75) is 6.92 Å². The first-order chi connectivity index (χ1) is 10.1. The number of aromatic amines is 1. The summed E-state index contributed by atoms with van der Waals surface area (Å²) in [6.45, 7) is 1.94. The number of aryl methyl sites for hydroxylation is 1. The minimum Gasteiger partial charge on any atom is -0.496 e. The molecule has 1 heterocycles. The highest BCUT2D eigenvalue weighted by Crippen LogP contribution is 2.31. The number of rotatable bonds is 3. The van der Waals surface area contributed by atoms with E-state index in [2.05, 4.69) is 20.9 Å². The molecular weight excluding hydrogens is 330 g/mol. The molecule has 0 aliphatic rings. The van der Waals surface area contributed by atoms with Gasteiger partial charge in [-0.2, -0.15) is 0 Å². The third-order valence-electron chi connectivity index (χ3n) is 3.58. The van der Waals surface area contributed by atoms with Crippen molar-refractivity contribution >= 4 is 32.6 Å². The Balaban J connectivity index is 2.20. The van der Waals surface area contributed by atoms with Gasteiger partial charge in [-0.1, -0.05) is 28.1 Å². The van der Waals surface area contributed by atoms with Gasteiger partial charge in [-0.05, 0) is 36.8 Å². The van der Waals surface area contributed by atoms with Crippen LogP contribution >= 0.6 is 15.9 Å². The van der Waals surface area contributed by atoms with Crippen molar-refractivity contribution in [2.24, 2.45) is 0 Å². The van der Waals surface area contributed by atoms with Crippen LogP contribution in [0.15, 0.2) is 47.1 Å². The summed E-state index contributed by atoms with van der Waals surface area (Å²) in [6, 6.07) is 11.4. The third kappa shape index (κ3) is 2.36. The monoisotopic (exact) mass is 343 g/mol. The van der Waals surface area contributed by atoms with Gasteiger partial charge in [0.15, 0.2) is 5.78 Å². The summed E-state index contributed by atoms with van der Waals surface area (Å²) in [6.07, 6.45) is 1.75. The molecule has 0 radical (unpaired) electrons. The van der Waals surface area contributed by atoms with Crippen LogP contribution in [0.25, 0.3) is 10.9 Å². The first kappa shape index (κ1) is 13.9. The molecule has 0 fully saturated rings. The Bertz CT molecular complexity index is 836. The Hall–Kier alpha value is -2.07. The van der Waals surface area contributed by atoms with E-state index in [1.165, 1.54) is 0 Å². The molecule has 0 saturated heterocycles. The molecule has 0 unspecified atom stereocenters. The summed E-state index contributed by atoms with van der Waals surface area (Å²) in [5.74, 6) is 0.689. The number of aromatic nitrogens is 1. The number of nitrogens with one attached hydrogen (secondary N) is 1. The maximum Gasteiger partial charge on any atom is 0.195 e. The van der Waals surface area contributed by atoms with E-state index in [-0.39, 0.29) is 5.78 Å². The van der Waals surface area contributed by atoms with E-state index < -0.39 is 0 Å². The lowest BCUT2D eigenvalue weighted by Crippen LogP contribution is -2.03. The Labute approximate surface area is 131 Å². The summed E-state index contributed by atoms with van der Waals surface area (Å²) in [7, 11) is 1.61. The van der Waals surface area contributed by atoms with Crippen molar-refractivity contribution in [1.82, 2.24) is 4.98 Å². The Morgan fingerprint density at radius 3 is 2.76 bits per heavy atom. The average Bonchev–Trinajstić information content (AvgIpc) is 2.93. The lowest BCUT2D eigenvalue weighted by molar-refractivity contribution is 0.103. The molecule has 3 aromatic rings. The highest BCUT2D eigenvalue weighted by molar-refractivity contribution is 9.10. The summed E-state index contributed by atoms with van der Waals surface area (Å²) in [5, 5.41) is 0.823. The molecule has 106 valence electrons. The number of hydrogen-bond acceptors (Lipinski definition) is 2. The van der Waals surface area contributed by atoms with Gasteiger partial charge in [-0.3, -0.25) is 4.79 Å². The van der Waals surface area contributed by atoms with E-state index >= 15 is 0 Å². The van der Waals surface area contributed by atoms with Gasteiger partial charge in [0.05, 0.1) is 18.1 Å². The molecule has 4 heteroatoms. The van der Waals surface area contributed by atoms with Crippen LogP contribution in [0.3, 0.4) is 0 Å². The van der Waals surface area contributed by atoms with Crippen LogP contribution in [0.5, 0.6) is 5.75 Å². The smallest absolute Gasteiger partial charge is 0.195 e. The fraction of sp³-hybridized carbons (Fsp3) is 0.118. The summed E-state index contributed by atoms with van der Waals surface area (Å²) >= 11 is 3.42. The number of ether oxygens (including phenoxy) is 1. The van der Waals surface area contributed by atoms with Crippen LogP contribution in [0.1, 0.15) is 21.5 Å². The second-order valence-corrected chi connectivity index (χ2v) is 5.79. The van der Waals surface area contributed by atoms with Crippen LogP contribution in [0.4, 0.5) is 0 Å². The minimum atomic E-state index is -0.00968. The fourth-order valence-corrected chi connectivity index (χ4v) is 2.85. The molecule has 0 spiro atoms. The highest BCUT2D eigenvalue weighted by atomic mass is 79.9. The number of fused-ring (bicyclic) bond motifs is 1. The predicted octanol–water partition coefficient (Wildman–Crippen LogP) is 4.48. The van der Waals surface area contributed by atoms with Crippen molar-refractivity contribution in [1.29, 1.82) is 0 Å². The number of carbonyl (C=O) groups excluding carboxylic acids is 1. The maximum atomic E-state index is 12.9. The van der Waals surface area contributed by atoms with Gasteiger partial charge in [-0.15, -0.1) is 0 Å². The molecule has 0 aliphatic carbocycles. The molecule has 1 aromatic heterocycles. The summed E-state index contributed by atoms with van der Waals surface area (Å²) < 4.78 is 6.28.